The average molecular weight is 372 g/mol. The number of fused-ring (bicyclic) bond motifs is 2. The highest BCUT2D eigenvalue weighted by Gasteiger charge is 2.18. The maximum Gasteiger partial charge on any atom is 0.213 e. The fraction of sp³-hybridized carbons (Fsp3) is 0.240. The maximum absolute atomic E-state index is 6.03. The van der Waals surface area contributed by atoms with E-state index in [-0.39, 0.29) is 0 Å². The highest BCUT2D eigenvalue weighted by molar-refractivity contribution is 5.94. The van der Waals surface area contributed by atoms with Crippen LogP contribution in [0.3, 0.4) is 0 Å². The van der Waals surface area contributed by atoms with Gasteiger partial charge in [0.05, 0.1) is 10.8 Å². The van der Waals surface area contributed by atoms with Crippen LogP contribution in [0.25, 0.3) is 21.8 Å². The molecule has 3 aromatic carbocycles. The predicted molar refractivity (Wildman–Crippen MR) is 116 cm³/mol. The Bertz CT molecular complexity index is 1100. The van der Waals surface area contributed by atoms with E-state index in [0.717, 1.165) is 18.7 Å². The molecule has 0 radical (unpaired) electrons. The predicted octanol–water partition coefficient (Wildman–Crippen LogP) is 4.35. The zero-order chi connectivity index (χ0) is 19.5. The molecule has 0 aliphatic heterocycles. The molecule has 3 heteroatoms. The second-order valence-corrected chi connectivity index (χ2v) is 7.55. The summed E-state index contributed by atoms with van der Waals surface area (Å²) in [5.41, 5.74) is 5.15. The average Bonchev–Trinajstić information content (AvgIpc) is 2.71. The summed E-state index contributed by atoms with van der Waals surface area (Å²) in [6.45, 7) is 1.59. The van der Waals surface area contributed by atoms with Crippen molar-refractivity contribution in [3.05, 3.63) is 83.9 Å². The number of ether oxygens (including phenoxy) is 1. The van der Waals surface area contributed by atoms with Crippen molar-refractivity contribution in [3.63, 3.8) is 0 Å². The van der Waals surface area contributed by atoms with Gasteiger partial charge in [-0.15, -0.1) is 0 Å². The molecule has 0 spiro atoms. The third-order valence-electron chi connectivity index (χ3n) is 5.28. The largest absolute Gasteiger partial charge is 0.492 e. The Balaban J connectivity index is 1.86. The molecule has 0 aliphatic rings. The quantitative estimate of drug-likeness (QED) is 0.370. The molecule has 1 aromatic heterocycles. The van der Waals surface area contributed by atoms with Gasteiger partial charge < -0.3 is 9.64 Å². The van der Waals surface area contributed by atoms with Crippen LogP contribution in [0.15, 0.2) is 72.8 Å². The minimum atomic E-state index is 0.687. The van der Waals surface area contributed by atoms with E-state index in [1.165, 1.54) is 32.9 Å². The Morgan fingerprint density at radius 3 is 2.32 bits per heavy atom. The van der Waals surface area contributed by atoms with Crippen molar-refractivity contribution in [1.29, 1.82) is 0 Å². The molecule has 0 amide bonds. The molecule has 0 bridgehead atoms. The lowest BCUT2D eigenvalue weighted by Gasteiger charge is -2.13. The summed E-state index contributed by atoms with van der Waals surface area (Å²) in [5.74, 6) is 0.930. The Hall–Kier alpha value is -2.91. The summed E-state index contributed by atoms with van der Waals surface area (Å²) in [6.07, 6.45) is 0.903. The monoisotopic (exact) mass is 371 g/mol. The Morgan fingerprint density at radius 1 is 0.821 bits per heavy atom. The number of para-hydroxylation sites is 1. The SMILES string of the molecule is CN(C)CCOc1ccc2c(c1)c(Cc1ccccc1)c1ccccc1[n+]2C. The van der Waals surface area contributed by atoms with Crippen LogP contribution in [-0.2, 0) is 13.5 Å². The minimum Gasteiger partial charge on any atom is -0.492 e. The lowest BCUT2D eigenvalue weighted by Crippen LogP contribution is -2.30. The number of benzene rings is 3. The maximum atomic E-state index is 6.03. The summed E-state index contributed by atoms with van der Waals surface area (Å²) in [6, 6.07) is 25.8. The number of hydrogen-bond acceptors (Lipinski definition) is 2. The van der Waals surface area contributed by atoms with Crippen LogP contribution in [0.4, 0.5) is 0 Å². The lowest BCUT2D eigenvalue weighted by molar-refractivity contribution is -0.617. The smallest absolute Gasteiger partial charge is 0.213 e. The van der Waals surface area contributed by atoms with Crippen molar-refractivity contribution >= 4 is 21.8 Å². The van der Waals surface area contributed by atoms with E-state index in [9.17, 15) is 0 Å². The fourth-order valence-corrected chi connectivity index (χ4v) is 3.77. The second kappa shape index (κ2) is 7.99. The van der Waals surface area contributed by atoms with Gasteiger partial charge >= 0.3 is 0 Å². The molecule has 0 aliphatic carbocycles. The number of likely N-dealkylation sites (N-methyl/N-ethyl adjacent to an activating group) is 1. The van der Waals surface area contributed by atoms with Crippen LogP contribution in [-0.4, -0.2) is 32.1 Å². The molecule has 142 valence electrons. The molecule has 0 N–H and O–H groups in total. The fourth-order valence-electron chi connectivity index (χ4n) is 3.77. The van der Waals surface area contributed by atoms with Crippen LogP contribution in [0.1, 0.15) is 11.1 Å². The van der Waals surface area contributed by atoms with E-state index < -0.39 is 0 Å². The number of pyridine rings is 1. The first-order valence-electron chi connectivity index (χ1n) is 9.78. The van der Waals surface area contributed by atoms with E-state index in [1.54, 1.807) is 0 Å². The summed E-state index contributed by atoms with van der Waals surface area (Å²) in [4.78, 5) is 2.13. The Labute approximate surface area is 166 Å². The molecule has 0 atom stereocenters. The van der Waals surface area contributed by atoms with Crippen molar-refractivity contribution in [3.8, 4) is 5.75 Å². The first-order valence-corrected chi connectivity index (χ1v) is 9.78. The van der Waals surface area contributed by atoms with Crippen LogP contribution in [0, 0.1) is 0 Å². The Kier molecular flexibility index (Phi) is 5.27. The molecular weight excluding hydrogens is 344 g/mol. The molecule has 1 heterocycles. The van der Waals surface area contributed by atoms with Crippen LogP contribution < -0.4 is 9.30 Å². The highest BCUT2D eigenvalue weighted by atomic mass is 16.5. The van der Waals surface area contributed by atoms with Gasteiger partial charge in [-0.1, -0.05) is 42.5 Å². The number of nitrogens with zero attached hydrogens (tertiary/aromatic N) is 2. The molecular formula is C25H27N2O+. The molecule has 0 fully saturated rings. The molecule has 0 saturated heterocycles. The van der Waals surface area contributed by atoms with Gasteiger partial charge in [0.2, 0.25) is 11.0 Å². The summed E-state index contributed by atoms with van der Waals surface area (Å²) in [5, 5.41) is 2.55. The van der Waals surface area contributed by atoms with Crippen molar-refractivity contribution in [1.82, 2.24) is 4.90 Å². The third-order valence-corrected chi connectivity index (χ3v) is 5.28. The van der Waals surface area contributed by atoms with E-state index >= 15 is 0 Å². The van der Waals surface area contributed by atoms with Gasteiger partial charge in [0, 0.05) is 18.7 Å². The molecule has 4 rings (SSSR count). The summed E-state index contributed by atoms with van der Waals surface area (Å²) < 4.78 is 8.31. The normalized spacial score (nSPS) is 11.4. The second-order valence-electron chi connectivity index (χ2n) is 7.55. The van der Waals surface area contributed by atoms with Crippen LogP contribution >= 0.6 is 0 Å². The van der Waals surface area contributed by atoms with Gasteiger partial charge in [0.25, 0.3) is 0 Å². The topological polar surface area (TPSA) is 16.4 Å². The number of hydrogen-bond donors (Lipinski definition) is 0. The highest BCUT2D eigenvalue weighted by Crippen LogP contribution is 2.29. The Morgan fingerprint density at radius 2 is 1.54 bits per heavy atom. The van der Waals surface area contributed by atoms with Gasteiger partial charge in [0.15, 0.2) is 0 Å². The molecule has 0 saturated carbocycles. The third kappa shape index (κ3) is 3.71. The van der Waals surface area contributed by atoms with E-state index in [0.29, 0.717) is 6.61 Å². The van der Waals surface area contributed by atoms with Gasteiger partial charge in [-0.25, -0.2) is 0 Å². The first-order chi connectivity index (χ1) is 13.6. The standard InChI is InChI=1S/C25H27N2O/c1-26(2)15-16-28-20-13-14-25-23(18-20)22(17-19-9-5-4-6-10-19)21-11-7-8-12-24(21)27(25)3/h4-14,18H,15-17H2,1-3H3/q+1. The van der Waals surface area contributed by atoms with Gasteiger partial charge in [0.1, 0.15) is 19.4 Å². The van der Waals surface area contributed by atoms with Crippen molar-refractivity contribution in [2.45, 2.75) is 6.42 Å². The van der Waals surface area contributed by atoms with Gasteiger partial charge in [-0.05, 0) is 49.8 Å². The zero-order valence-electron chi connectivity index (χ0n) is 16.9. The van der Waals surface area contributed by atoms with E-state index in [1.807, 2.05) is 0 Å². The minimum absolute atomic E-state index is 0.687. The van der Waals surface area contributed by atoms with Gasteiger partial charge in [-0.3, -0.25) is 0 Å². The van der Waals surface area contributed by atoms with Crippen LogP contribution in [0.2, 0.25) is 0 Å². The zero-order valence-corrected chi connectivity index (χ0v) is 16.9. The lowest BCUT2D eigenvalue weighted by atomic mass is 9.96. The number of aryl methyl sites for hydroxylation is 1. The first kappa shape index (κ1) is 18.5. The number of aromatic nitrogens is 1. The molecule has 4 aromatic rings. The summed E-state index contributed by atoms with van der Waals surface area (Å²) >= 11 is 0. The molecule has 28 heavy (non-hydrogen) atoms. The van der Waals surface area contributed by atoms with Crippen LogP contribution in [0.5, 0.6) is 5.75 Å². The van der Waals surface area contributed by atoms with E-state index in [4.69, 9.17) is 4.74 Å². The van der Waals surface area contributed by atoms with Crippen molar-refractivity contribution < 1.29 is 9.30 Å². The molecule has 0 unspecified atom stereocenters. The van der Waals surface area contributed by atoms with Gasteiger partial charge in [-0.2, -0.15) is 4.57 Å². The van der Waals surface area contributed by atoms with E-state index in [2.05, 4.69) is 103 Å². The summed E-state index contributed by atoms with van der Waals surface area (Å²) in [7, 11) is 6.27. The van der Waals surface area contributed by atoms with Crippen molar-refractivity contribution in [2.24, 2.45) is 7.05 Å². The molecule has 3 nitrogen and oxygen atoms in total. The van der Waals surface area contributed by atoms with Crippen molar-refractivity contribution in [2.75, 3.05) is 27.2 Å². The number of rotatable bonds is 6.